The number of aryl methyl sites for hydroxylation is 2. The fourth-order valence-corrected chi connectivity index (χ4v) is 3.69. The van der Waals surface area contributed by atoms with E-state index in [0.717, 1.165) is 0 Å². The van der Waals surface area contributed by atoms with Crippen LogP contribution < -0.4 is 14.8 Å². The molecule has 0 bridgehead atoms. The Morgan fingerprint density at radius 2 is 1.60 bits per heavy atom. The molecule has 1 aromatic heterocycles. The molecule has 156 valence electrons. The maximum absolute atomic E-state index is 13.0. The first-order chi connectivity index (χ1) is 14.4. The Kier molecular flexibility index (Phi) is 6.48. The molecule has 0 amide bonds. The standard InChI is InChI=1S/C20H21N5O4S/c1-14-13-15(2)22-19(21-14)23-20(24-28-3)25-30(26,27)18-12-8-7-11-17(18)29-16-9-5-4-6-10-16/h4-13H,1-3H3,(H2,21,22,23,24,25). The lowest BCUT2D eigenvalue weighted by Gasteiger charge is -2.14. The minimum Gasteiger partial charge on any atom is -0.456 e. The van der Waals surface area contributed by atoms with Crippen LogP contribution in [0.2, 0.25) is 0 Å². The molecule has 9 nitrogen and oxygen atoms in total. The maximum Gasteiger partial charge on any atom is 0.267 e. The Hall–Kier alpha value is -3.66. The van der Waals surface area contributed by atoms with Crippen LogP contribution in [0.4, 0.5) is 5.95 Å². The zero-order valence-electron chi connectivity index (χ0n) is 16.7. The third-order valence-electron chi connectivity index (χ3n) is 3.74. The zero-order chi connectivity index (χ0) is 21.6. The molecule has 0 spiro atoms. The molecule has 0 aliphatic heterocycles. The van der Waals surface area contributed by atoms with Gasteiger partial charge in [0.05, 0.1) is 0 Å². The quantitative estimate of drug-likeness (QED) is 0.353. The van der Waals surface area contributed by atoms with Gasteiger partial charge in [-0.15, -0.1) is 0 Å². The van der Waals surface area contributed by atoms with Crippen LogP contribution in [0.3, 0.4) is 0 Å². The first kappa shape index (κ1) is 21.1. The highest BCUT2D eigenvalue weighted by Gasteiger charge is 2.22. The van der Waals surface area contributed by atoms with Crippen LogP contribution in [0, 0.1) is 13.8 Å². The summed E-state index contributed by atoms with van der Waals surface area (Å²) >= 11 is 0. The van der Waals surface area contributed by atoms with Gasteiger partial charge in [-0.1, -0.05) is 30.3 Å². The van der Waals surface area contributed by atoms with Gasteiger partial charge in [-0.3, -0.25) is 5.32 Å². The van der Waals surface area contributed by atoms with E-state index in [2.05, 4.69) is 25.2 Å². The molecule has 1 heterocycles. The van der Waals surface area contributed by atoms with E-state index >= 15 is 0 Å². The lowest BCUT2D eigenvalue weighted by atomic mass is 10.3. The van der Waals surface area contributed by atoms with Gasteiger partial charge < -0.3 is 9.57 Å². The Bertz CT molecular complexity index is 1130. The zero-order valence-corrected chi connectivity index (χ0v) is 17.5. The normalized spacial score (nSPS) is 11.6. The molecule has 3 aromatic rings. The highest BCUT2D eigenvalue weighted by atomic mass is 32.2. The fraction of sp³-hybridized carbons (Fsp3) is 0.150. The number of sulfonamides is 1. The summed E-state index contributed by atoms with van der Waals surface area (Å²) in [6, 6.07) is 17.0. The predicted octanol–water partition coefficient (Wildman–Crippen LogP) is 3.19. The van der Waals surface area contributed by atoms with Gasteiger partial charge in [0.25, 0.3) is 16.0 Å². The van der Waals surface area contributed by atoms with E-state index in [1.165, 1.54) is 13.2 Å². The van der Waals surface area contributed by atoms with E-state index in [0.29, 0.717) is 17.1 Å². The van der Waals surface area contributed by atoms with Gasteiger partial charge in [0.2, 0.25) is 5.95 Å². The van der Waals surface area contributed by atoms with Gasteiger partial charge in [0.15, 0.2) is 0 Å². The Morgan fingerprint density at radius 3 is 2.27 bits per heavy atom. The SMILES string of the molecule is CO/N=C(/Nc1nc(C)cc(C)n1)NS(=O)(=O)c1ccccc1Oc1ccccc1. The van der Waals surface area contributed by atoms with Crippen molar-refractivity contribution in [3.05, 3.63) is 72.1 Å². The molecule has 0 saturated carbocycles. The molecule has 0 fully saturated rings. The van der Waals surface area contributed by atoms with Crippen LogP contribution in [0.15, 0.2) is 70.7 Å². The van der Waals surface area contributed by atoms with Crippen molar-refractivity contribution in [1.29, 1.82) is 0 Å². The van der Waals surface area contributed by atoms with Gasteiger partial charge in [-0.2, -0.15) is 0 Å². The highest BCUT2D eigenvalue weighted by molar-refractivity contribution is 7.90. The smallest absolute Gasteiger partial charge is 0.267 e. The fourth-order valence-electron chi connectivity index (χ4n) is 2.60. The number of para-hydroxylation sites is 2. The number of guanidine groups is 1. The molecular weight excluding hydrogens is 406 g/mol. The molecule has 30 heavy (non-hydrogen) atoms. The summed E-state index contributed by atoms with van der Waals surface area (Å²) < 4.78 is 34.2. The van der Waals surface area contributed by atoms with Crippen LogP contribution >= 0.6 is 0 Å². The number of anilines is 1. The largest absolute Gasteiger partial charge is 0.456 e. The van der Waals surface area contributed by atoms with Crippen LogP contribution in [0.25, 0.3) is 0 Å². The summed E-state index contributed by atoms with van der Waals surface area (Å²) in [4.78, 5) is 13.1. The van der Waals surface area contributed by atoms with Crippen LogP contribution in [0.5, 0.6) is 11.5 Å². The molecule has 3 rings (SSSR count). The molecule has 0 aliphatic rings. The Balaban J connectivity index is 1.88. The van der Waals surface area contributed by atoms with Gasteiger partial charge in [-0.25, -0.2) is 23.1 Å². The summed E-state index contributed by atoms with van der Waals surface area (Å²) in [7, 11) is -2.78. The number of nitrogens with zero attached hydrogens (tertiary/aromatic N) is 3. The number of hydrogen-bond acceptors (Lipinski definition) is 7. The van der Waals surface area contributed by atoms with Gasteiger partial charge >= 0.3 is 0 Å². The maximum atomic E-state index is 13.0. The van der Waals surface area contributed by atoms with Crippen LogP contribution in [0.1, 0.15) is 11.4 Å². The molecule has 10 heteroatoms. The summed E-state index contributed by atoms with van der Waals surface area (Å²) in [5.74, 6) is 0.653. The molecular formula is C20H21N5O4S. The van der Waals surface area contributed by atoms with Crippen molar-refractivity contribution in [2.45, 2.75) is 18.7 Å². The van der Waals surface area contributed by atoms with Crippen molar-refractivity contribution in [3.8, 4) is 11.5 Å². The van der Waals surface area contributed by atoms with E-state index < -0.39 is 10.0 Å². The number of aromatic nitrogens is 2. The number of hydrogen-bond donors (Lipinski definition) is 2. The number of rotatable bonds is 6. The number of ether oxygens (including phenoxy) is 1. The first-order valence-electron chi connectivity index (χ1n) is 8.92. The summed E-state index contributed by atoms with van der Waals surface area (Å²) in [6.45, 7) is 3.60. The van der Waals surface area contributed by atoms with Crippen LogP contribution in [-0.4, -0.2) is 31.5 Å². The van der Waals surface area contributed by atoms with Crippen molar-refractivity contribution in [3.63, 3.8) is 0 Å². The first-order valence-corrected chi connectivity index (χ1v) is 10.4. The minimum absolute atomic E-state index is 0.0687. The van der Waals surface area contributed by atoms with E-state index in [9.17, 15) is 8.42 Å². The molecule has 0 aliphatic carbocycles. The van der Waals surface area contributed by atoms with Crippen LogP contribution in [-0.2, 0) is 14.9 Å². The Morgan fingerprint density at radius 1 is 0.967 bits per heavy atom. The van der Waals surface area contributed by atoms with Crippen molar-refractivity contribution in [2.24, 2.45) is 5.16 Å². The molecule has 0 unspecified atom stereocenters. The third kappa shape index (κ3) is 5.45. The lowest BCUT2D eigenvalue weighted by molar-refractivity contribution is 0.212. The average molecular weight is 427 g/mol. The number of nitrogens with one attached hydrogen (secondary N) is 2. The summed E-state index contributed by atoms with van der Waals surface area (Å²) in [5, 5.41) is 6.43. The second-order valence-electron chi connectivity index (χ2n) is 6.19. The topological polar surface area (TPSA) is 115 Å². The second kappa shape index (κ2) is 9.23. The Labute approximate surface area is 174 Å². The molecule has 2 N–H and O–H groups in total. The second-order valence-corrected chi connectivity index (χ2v) is 7.84. The van der Waals surface area contributed by atoms with Crippen molar-refractivity contribution >= 4 is 21.9 Å². The minimum atomic E-state index is -4.08. The molecule has 2 aromatic carbocycles. The van der Waals surface area contributed by atoms with Crippen molar-refractivity contribution in [2.75, 3.05) is 12.4 Å². The molecule has 0 saturated heterocycles. The van der Waals surface area contributed by atoms with Gasteiger partial charge in [0.1, 0.15) is 23.5 Å². The predicted molar refractivity (Wildman–Crippen MR) is 113 cm³/mol. The number of oxime groups is 1. The highest BCUT2D eigenvalue weighted by Crippen LogP contribution is 2.28. The summed E-state index contributed by atoms with van der Waals surface area (Å²) in [6.07, 6.45) is 0. The molecule has 0 atom stereocenters. The van der Waals surface area contributed by atoms with Gasteiger partial charge in [-0.05, 0) is 49.3 Å². The van der Waals surface area contributed by atoms with Crippen molar-refractivity contribution in [1.82, 2.24) is 14.7 Å². The van der Waals surface area contributed by atoms with Crippen molar-refractivity contribution < 1.29 is 18.0 Å². The average Bonchev–Trinajstić information content (AvgIpc) is 2.68. The van der Waals surface area contributed by atoms with E-state index in [-0.39, 0.29) is 22.6 Å². The monoisotopic (exact) mass is 427 g/mol. The van der Waals surface area contributed by atoms with E-state index in [4.69, 9.17) is 9.57 Å². The van der Waals surface area contributed by atoms with E-state index in [1.807, 2.05) is 6.07 Å². The van der Waals surface area contributed by atoms with Gasteiger partial charge in [0, 0.05) is 11.4 Å². The number of benzene rings is 2. The summed E-state index contributed by atoms with van der Waals surface area (Å²) in [5.41, 5.74) is 1.43. The molecule has 0 radical (unpaired) electrons. The lowest BCUT2D eigenvalue weighted by Crippen LogP contribution is -2.36. The third-order valence-corrected chi connectivity index (χ3v) is 5.11. The van der Waals surface area contributed by atoms with E-state index in [1.54, 1.807) is 62.4 Å².